The van der Waals surface area contributed by atoms with E-state index in [2.05, 4.69) is 0 Å². The van der Waals surface area contributed by atoms with Gasteiger partial charge in [0.05, 0.1) is 19.1 Å². The van der Waals surface area contributed by atoms with Crippen molar-refractivity contribution in [3.05, 3.63) is 0 Å². The number of amides is 1. The molecular formula is C4H8ClNO3. The van der Waals surface area contributed by atoms with Crippen molar-refractivity contribution < 1.29 is 15.0 Å². The second-order valence-electron chi connectivity index (χ2n) is 1.56. The summed E-state index contributed by atoms with van der Waals surface area (Å²) in [5.74, 6) is -0.502. The molecular weight excluding hydrogens is 146 g/mol. The van der Waals surface area contributed by atoms with Crippen molar-refractivity contribution >= 4 is 17.7 Å². The summed E-state index contributed by atoms with van der Waals surface area (Å²) < 4.78 is 0. The molecule has 0 aromatic heterocycles. The van der Waals surface area contributed by atoms with E-state index in [-0.39, 0.29) is 6.42 Å². The highest BCUT2D eigenvalue weighted by atomic mass is 35.5. The van der Waals surface area contributed by atoms with E-state index in [0.29, 0.717) is 0 Å². The van der Waals surface area contributed by atoms with Gasteiger partial charge in [-0.05, 0) is 0 Å². The highest BCUT2D eigenvalue weighted by Crippen LogP contribution is 1.88. The number of carbonyl (C=O) groups excluding carboxylic acids is 1. The van der Waals surface area contributed by atoms with Crippen molar-refractivity contribution in [2.75, 3.05) is 6.61 Å². The van der Waals surface area contributed by atoms with Crippen LogP contribution in [-0.4, -0.2) is 28.8 Å². The molecule has 0 aromatic rings. The van der Waals surface area contributed by atoms with Crippen molar-refractivity contribution in [2.45, 2.75) is 12.5 Å². The SMILES string of the molecule is O=C(CC(O)CO)NCl. The van der Waals surface area contributed by atoms with Crippen LogP contribution in [0.4, 0.5) is 0 Å². The minimum atomic E-state index is -1.01. The van der Waals surface area contributed by atoms with Crippen LogP contribution in [0.25, 0.3) is 0 Å². The summed E-state index contributed by atoms with van der Waals surface area (Å²) in [6.45, 7) is -0.426. The van der Waals surface area contributed by atoms with Crippen LogP contribution in [0.1, 0.15) is 6.42 Å². The molecule has 0 bridgehead atoms. The topological polar surface area (TPSA) is 69.6 Å². The maximum Gasteiger partial charge on any atom is 0.237 e. The van der Waals surface area contributed by atoms with E-state index in [1.54, 1.807) is 4.84 Å². The van der Waals surface area contributed by atoms with Gasteiger partial charge in [-0.25, -0.2) is 0 Å². The highest BCUT2D eigenvalue weighted by molar-refractivity contribution is 6.21. The van der Waals surface area contributed by atoms with Crippen LogP contribution in [0.2, 0.25) is 0 Å². The zero-order valence-corrected chi connectivity index (χ0v) is 5.43. The van der Waals surface area contributed by atoms with Gasteiger partial charge in [0.15, 0.2) is 0 Å². The third-order valence-corrected chi connectivity index (χ3v) is 0.948. The third-order valence-electron chi connectivity index (χ3n) is 0.737. The first-order valence-corrected chi connectivity index (χ1v) is 2.77. The Morgan fingerprint density at radius 1 is 1.78 bits per heavy atom. The number of aliphatic hydroxyl groups is 2. The quantitative estimate of drug-likeness (QED) is 0.456. The Bertz CT molecular complexity index is 97.8. The molecule has 4 nitrogen and oxygen atoms in total. The van der Waals surface area contributed by atoms with Gasteiger partial charge < -0.3 is 10.2 Å². The Hall–Kier alpha value is -0.320. The molecule has 1 unspecified atom stereocenters. The molecule has 0 aromatic carbocycles. The molecule has 0 aliphatic heterocycles. The van der Waals surface area contributed by atoms with Crippen LogP contribution < -0.4 is 4.84 Å². The molecule has 0 aliphatic carbocycles. The van der Waals surface area contributed by atoms with Crippen LogP contribution >= 0.6 is 11.8 Å². The molecule has 0 radical (unpaired) electrons. The Balaban J connectivity index is 3.34. The third kappa shape index (κ3) is 4.20. The summed E-state index contributed by atoms with van der Waals surface area (Å²) in [5, 5.41) is 16.8. The van der Waals surface area contributed by atoms with Crippen LogP contribution in [0.3, 0.4) is 0 Å². The lowest BCUT2D eigenvalue weighted by atomic mass is 10.3. The predicted molar refractivity (Wildman–Crippen MR) is 31.7 cm³/mol. The van der Waals surface area contributed by atoms with Crippen molar-refractivity contribution in [3.8, 4) is 0 Å². The molecule has 0 rings (SSSR count). The van der Waals surface area contributed by atoms with Crippen LogP contribution in [0.15, 0.2) is 0 Å². The standard InChI is InChI=1S/C4H8ClNO3/c5-6-4(9)1-3(8)2-7/h3,7-8H,1-2H2,(H,6,9). The molecule has 0 aliphatic rings. The van der Waals surface area contributed by atoms with Gasteiger partial charge in [0.2, 0.25) is 5.91 Å². The normalized spacial score (nSPS) is 12.8. The predicted octanol–water partition coefficient (Wildman–Crippen LogP) is -1.00. The molecule has 5 heteroatoms. The van der Waals surface area contributed by atoms with E-state index >= 15 is 0 Å². The molecule has 0 fully saturated rings. The summed E-state index contributed by atoms with van der Waals surface area (Å²) in [4.78, 5) is 12.1. The number of nitrogens with one attached hydrogen (secondary N) is 1. The summed E-state index contributed by atoms with van der Waals surface area (Å²) >= 11 is 4.86. The summed E-state index contributed by atoms with van der Waals surface area (Å²) in [7, 11) is 0. The summed E-state index contributed by atoms with van der Waals surface area (Å²) in [6, 6.07) is 0. The molecule has 1 amide bonds. The number of aliphatic hydroxyl groups excluding tert-OH is 2. The number of carbonyl (C=O) groups is 1. The van der Waals surface area contributed by atoms with Crippen molar-refractivity contribution in [1.29, 1.82) is 0 Å². The first-order valence-electron chi connectivity index (χ1n) is 2.39. The van der Waals surface area contributed by atoms with E-state index in [9.17, 15) is 4.79 Å². The Morgan fingerprint density at radius 2 is 2.33 bits per heavy atom. The Labute approximate surface area is 57.5 Å². The Morgan fingerprint density at radius 3 is 2.67 bits per heavy atom. The highest BCUT2D eigenvalue weighted by Gasteiger charge is 2.07. The molecule has 0 saturated heterocycles. The maximum atomic E-state index is 10.3. The van der Waals surface area contributed by atoms with Crippen LogP contribution in [-0.2, 0) is 4.79 Å². The van der Waals surface area contributed by atoms with E-state index in [4.69, 9.17) is 22.0 Å². The minimum absolute atomic E-state index is 0.167. The van der Waals surface area contributed by atoms with Gasteiger partial charge in [-0.15, -0.1) is 0 Å². The lowest BCUT2D eigenvalue weighted by Gasteiger charge is -2.02. The average molecular weight is 154 g/mol. The molecule has 9 heavy (non-hydrogen) atoms. The maximum absolute atomic E-state index is 10.3. The minimum Gasteiger partial charge on any atom is -0.394 e. The van der Waals surface area contributed by atoms with Crippen molar-refractivity contribution in [3.63, 3.8) is 0 Å². The first-order chi connectivity index (χ1) is 4.20. The van der Waals surface area contributed by atoms with Gasteiger partial charge in [0, 0.05) is 11.8 Å². The number of halogens is 1. The van der Waals surface area contributed by atoms with Crippen LogP contribution in [0, 0.1) is 0 Å². The molecule has 54 valence electrons. The monoisotopic (exact) mass is 153 g/mol. The zero-order valence-electron chi connectivity index (χ0n) is 4.67. The number of hydrogen-bond acceptors (Lipinski definition) is 3. The summed E-state index contributed by atoms with van der Waals surface area (Å²) in [6.07, 6.45) is -1.18. The molecule has 1 atom stereocenters. The average Bonchev–Trinajstić information content (AvgIpc) is 1.87. The number of rotatable bonds is 3. The van der Waals surface area contributed by atoms with Gasteiger partial charge in [0.1, 0.15) is 0 Å². The Kier molecular flexibility index (Phi) is 4.39. The lowest BCUT2D eigenvalue weighted by Crippen LogP contribution is -2.22. The fraction of sp³-hybridized carbons (Fsp3) is 0.750. The van der Waals surface area contributed by atoms with Crippen LogP contribution in [0.5, 0.6) is 0 Å². The van der Waals surface area contributed by atoms with E-state index in [0.717, 1.165) is 0 Å². The largest absolute Gasteiger partial charge is 0.394 e. The van der Waals surface area contributed by atoms with Gasteiger partial charge in [-0.1, -0.05) is 0 Å². The second-order valence-corrected chi connectivity index (χ2v) is 1.75. The molecule has 0 saturated carbocycles. The molecule has 0 heterocycles. The lowest BCUT2D eigenvalue weighted by molar-refractivity contribution is -0.121. The van der Waals surface area contributed by atoms with E-state index in [1.165, 1.54) is 0 Å². The van der Waals surface area contributed by atoms with Crippen molar-refractivity contribution in [1.82, 2.24) is 4.84 Å². The number of hydrogen-bond donors (Lipinski definition) is 3. The zero-order chi connectivity index (χ0) is 7.28. The molecule has 3 N–H and O–H groups in total. The van der Waals surface area contributed by atoms with Crippen molar-refractivity contribution in [2.24, 2.45) is 0 Å². The van der Waals surface area contributed by atoms with Gasteiger partial charge >= 0.3 is 0 Å². The second kappa shape index (κ2) is 4.55. The van der Waals surface area contributed by atoms with E-state index in [1.807, 2.05) is 0 Å². The molecule has 0 spiro atoms. The van der Waals surface area contributed by atoms with Gasteiger partial charge in [-0.2, -0.15) is 0 Å². The van der Waals surface area contributed by atoms with Gasteiger partial charge in [-0.3, -0.25) is 9.63 Å². The van der Waals surface area contributed by atoms with Gasteiger partial charge in [0.25, 0.3) is 0 Å². The fourth-order valence-electron chi connectivity index (χ4n) is 0.317. The smallest absolute Gasteiger partial charge is 0.237 e. The fourth-order valence-corrected chi connectivity index (χ4v) is 0.394. The first kappa shape index (κ1) is 8.68. The summed E-state index contributed by atoms with van der Waals surface area (Å²) in [5.41, 5.74) is 0. The van der Waals surface area contributed by atoms with E-state index < -0.39 is 18.6 Å².